The number of fused-ring (bicyclic) bond motifs is 2. The van der Waals surface area contributed by atoms with Crippen molar-refractivity contribution in [2.45, 2.75) is 122 Å². The van der Waals surface area contributed by atoms with E-state index in [1.807, 2.05) is 11.4 Å². The van der Waals surface area contributed by atoms with Gasteiger partial charge in [-0.2, -0.15) is 0 Å². The first-order chi connectivity index (χ1) is 17.8. The van der Waals surface area contributed by atoms with Gasteiger partial charge in [0.1, 0.15) is 11.6 Å². The van der Waals surface area contributed by atoms with Crippen LogP contribution in [0.5, 0.6) is 0 Å². The molecule has 37 heavy (non-hydrogen) atoms. The van der Waals surface area contributed by atoms with Crippen LogP contribution in [0.25, 0.3) is 0 Å². The summed E-state index contributed by atoms with van der Waals surface area (Å²) in [5.41, 5.74) is 0.753. The van der Waals surface area contributed by atoms with Gasteiger partial charge in [0, 0.05) is 52.3 Å². The van der Waals surface area contributed by atoms with Crippen LogP contribution in [0.4, 0.5) is 0 Å². The Morgan fingerprint density at radius 3 is 2.38 bits per heavy atom. The number of aromatic nitrogens is 3. The number of hydrogen-bond acceptors (Lipinski definition) is 6. The molecule has 0 spiro atoms. The summed E-state index contributed by atoms with van der Waals surface area (Å²) in [7, 11) is 0. The van der Waals surface area contributed by atoms with E-state index in [2.05, 4.69) is 45.8 Å². The topological polar surface area (TPSA) is 80.1 Å². The van der Waals surface area contributed by atoms with E-state index in [1.54, 1.807) is 18.3 Å². The zero-order valence-electron chi connectivity index (χ0n) is 22.9. The van der Waals surface area contributed by atoms with Crippen LogP contribution in [-0.2, 0) is 4.79 Å². The highest BCUT2D eigenvalue weighted by molar-refractivity contribution is 7.10. The van der Waals surface area contributed by atoms with Crippen LogP contribution in [0.2, 0.25) is 0 Å². The highest BCUT2D eigenvalue weighted by Crippen LogP contribution is 2.42. The number of nitrogens with one attached hydrogen (secondary N) is 1. The van der Waals surface area contributed by atoms with Crippen LogP contribution in [0.15, 0.2) is 11.4 Å². The third-order valence-corrected chi connectivity index (χ3v) is 10.0. The lowest BCUT2D eigenvalue weighted by Gasteiger charge is -2.40. The lowest BCUT2D eigenvalue weighted by molar-refractivity contribution is -0.126. The van der Waals surface area contributed by atoms with E-state index in [0.717, 1.165) is 73.6 Å². The molecule has 2 bridgehead atoms. The molecule has 202 valence electrons. The minimum absolute atomic E-state index is 0.0303. The molecule has 5 rings (SSSR count). The molecule has 8 heteroatoms. The average Bonchev–Trinajstić information content (AvgIpc) is 3.58. The van der Waals surface area contributed by atoms with Crippen molar-refractivity contribution in [3.8, 4) is 0 Å². The number of carbonyl (C=O) groups is 2. The van der Waals surface area contributed by atoms with Gasteiger partial charge in [-0.15, -0.1) is 21.5 Å². The predicted octanol–water partition coefficient (Wildman–Crippen LogP) is 5.97. The number of amides is 1. The molecule has 0 radical (unpaired) electrons. The molecule has 3 aliphatic rings. The molecule has 4 atom stereocenters. The molecule has 2 aliphatic heterocycles. The molecule has 2 aromatic rings. The number of ketones is 1. The molecule has 7 nitrogen and oxygen atoms in total. The fourth-order valence-electron chi connectivity index (χ4n) is 6.99. The number of thiophene rings is 1. The van der Waals surface area contributed by atoms with Gasteiger partial charge in [-0.05, 0) is 64.9 Å². The molecular formula is C29H43N5O2S. The van der Waals surface area contributed by atoms with Gasteiger partial charge in [0.15, 0.2) is 5.78 Å². The smallest absolute Gasteiger partial charge is 0.223 e. The fourth-order valence-corrected chi connectivity index (χ4v) is 8.02. The quantitative estimate of drug-likeness (QED) is 0.408. The first-order valence-corrected chi connectivity index (χ1v) is 15.3. The van der Waals surface area contributed by atoms with Gasteiger partial charge >= 0.3 is 0 Å². The van der Waals surface area contributed by atoms with E-state index in [0.29, 0.717) is 24.0 Å². The Bertz CT molecular complexity index is 1090. The maximum Gasteiger partial charge on any atom is 0.223 e. The summed E-state index contributed by atoms with van der Waals surface area (Å²) in [5.74, 6) is 2.94. The van der Waals surface area contributed by atoms with Crippen LogP contribution < -0.4 is 5.32 Å². The van der Waals surface area contributed by atoms with Crippen LogP contribution in [-0.4, -0.2) is 50.0 Å². The zero-order chi connectivity index (χ0) is 26.1. The first kappa shape index (κ1) is 26.5. The molecule has 1 N–H and O–H groups in total. The molecule has 1 aliphatic carbocycles. The number of hydrogen-bond donors (Lipinski definition) is 1. The Hall–Kier alpha value is -2.06. The standard InChI is InChI=1S/C29H43N5O2S/c1-18(2)28-32-31-20(4)34(28)25-15-23-10-11-24(16-25)33(23)13-12-26(27-14-22(17-37-27)19(3)35)30-29(36)21-8-6-5-7-9-21/h14,17-18,21,23-26H,5-13,15-16H2,1-4H3,(H,30,36)/t23-,24+,25-,26-/m0/s1. The Morgan fingerprint density at radius 2 is 1.76 bits per heavy atom. The van der Waals surface area contributed by atoms with Crippen molar-refractivity contribution < 1.29 is 9.59 Å². The Labute approximate surface area is 225 Å². The maximum absolute atomic E-state index is 13.2. The predicted molar refractivity (Wildman–Crippen MR) is 147 cm³/mol. The summed E-state index contributed by atoms with van der Waals surface area (Å²) in [6.45, 7) is 9.08. The normalized spacial score (nSPS) is 25.5. The van der Waals surface area contributed by atoms with Crippen LogP contribution >= 0.6 is 11.3 Å². The van der Waals surface area contributed by atoms with Crippen LogP contribution in [0, 0.1) is 12.8 Å². The number of nitrogens with zero attached hydrogens (tertiary/aromatic N) is 4. The minimum atomic E-state index is -0.0303. The fraction of sp³-hybridized carbons (Fsp3) is 0.724. The zero-order valence-corrected chi connectivity index (χ0v) is 23.7. The van der Waals surface area contributed by atoms with E-state index < -0.39 is 0 Å². The molecule has 1 amide bonds. The van der Waals surface area contributed by atoms with E-state index in [4.69, 9.17) is 0 Å². The lowest BCUT2D eigenvalue weighted by Crippen LogP contribution is -2.45. The number of Topliss-reactive ketones (excluding diaryl/α,β-unsaturated/α-hetero) is 1. The third-order valence-electron chi connectivity index (χ3n) is 8.97. The lowest BCUT2D eigenvalue weighted by atomic mass is 9.88. The summed E-state index contributed by atoms with van der Waals surface area (Å²) >= 11 is 1.61. The number of rotatable bonds is 9. The molecule has 3 fully saturated rings. The van der Waals surface area contributed by atoms with Crippen molar-refractivity contribution in [3.63, 3.8) is 0 Å². The van der Waals surface area contributed by atoms with Gasteiger partial charge in [0.25, 0.3) is 0 Å². The Balaban J connectivity index is 1.27. The van der Waals surface area contributed by atoms with Crippen molar-refractivity contribution in [2.24, 2.45) is 5.92 Å². The molecular weight excluding hydrogens is 482 g/mol. The van der Waals surface area contributed by atoms with Gasteiger partial charge in [0.2, 0.25) is 5.91 Å². The van der Waals surface area contributed by atoms with Crippen molar-refractivity contribution in [3.05, 3.63) is 33.5 Å². The second-order valence-electron chi connectivity index (χ2n) is 11.9. The second kappa shape index (κ2) is 11.4. The highest BCUT2D eigenvalue weighted by Gasteiger charge is 2.42. The first-order valence-electron chi connectivity index (χ1n) is 14.4. The molecule has 0 unspecified atom stereocenters. The molecule has 4 heterocycles. The van der Waals surface area contributed by atoms with E-state index >= 15 is 0 Å². The molecule has 2 aromatic heterocycles. The average molecular weight is 526 g/mol. The van der Waals surface area contributed by atoms with Crippen molar-refractivity contribution >= 4 is 23.0 Å². The highest BCUT2D eigenvalue weighted by atomic mass is 32.1. The van der Waals surface area contributed by atoms with Crippen LogP contribution in [0.3, 0.4) is 0 Å². The second-order valence-corrected chi connectivity index (χ2v) is 12.8. The SMILES string of the molecule is CC(=O)c1csc([C@H](CCN2[C@@H]3CC[C@H]2C[C@H](n2c(C)nnc2C(C)C)C3)NC(=O)C2CCCCC2)c1. The number of piperidine rings is 1. The van der Waals surface area contributed by atoms with Crippen molar-refractivity contribution in [1.82, 2.24) is 25.0 Å². The summed E-state index contributed by atoms with van der Waals surface area (Å²) in [6.07, 6.45) is 11.2. The monoisotopic (exact) mass is 525 g/mol. The largest absolute Gasteiger partial charge is 0.348 e. The number of carbonyl (C=O) groups excluding carboxylic acids is 2. The Morgan fingerprint density at radius 1 is 1.05 bits per heavy atom. The summed E-state index contributed by atoms with van der Waals surface area (Å²) in [6, 6.07) is 3.57. The van der Waals surface area contributed by atoms with Gasteiger partial charge in [-0.1, -0.05) is 33.1 Å². The molecule has 0 aromatic carbocycles. The van der Waals surface area contributed by atoms with Gasteiger partial charge in [0.05, 0.1) is 6.04 Å². The summed E-state index contributed by atoms with van der Waals surface area (Å²) in [5, 5.41) is 14.3. The van der Waals surface area contributed by atoms with Gasteiger partial charge < -0.3 is 9.88 Å². The maximum atomic E-state index is 13.2. The third kappa shape index (κ3) is 5.70. The van der Waals surface area contributed by atoms with Crippen LogP contribution in [0.1, 0.15) is 130 Å². The minimum Gasteiger partial charge on any atom is -0.348 e. The van der Waals surface area contributed by atoms with Crippen molar-refractivity contribution in [2.75, 3.05) is 6.54 Å². The summed E-state index contributed by atoms with van der Waals surface area (Å²) < 4.78 is 2.41. The molecule has 2 saturated heterocycles. The Kier molecular flexibility index (Phi) is 8.15. The van der Waals surface area contributed by atoms with Gasteiger partial charge in [-0.3, -0.25) is 14.5 Å². The van der Waals surface area contributed by atoms with Crippen molar-refractivity contribution in [1.29, 1.82) is 0 Å². The molecule has 1 saturated carbocycles. The van der Waals surface area contributed by atoms with Gasteiger partial charge in [-0.25, -0.2) is 0 Å². The van der Waals surface area contributed by atoms with E-state index in [1.165, 1.54) is 19.3 Å². The number of aryl methyl sites for hydroxylation is 1. The van der Waals surface area contributed by atoms with E-state index in [9.17, 15) is 9.59 Å². The van der Waals surface area contributed by atoms with E-state index in [-0.39, 0.29) is 23.7 Å². The summed E-state index contributed by atoms with van der Waals surface area (Å²) in [4.78, 5) is 29.0.